The molecule has 1 aliphatic rings. The van der Waals surface area contributed by atoms with Crippen LogP contribution in [0.5, 0.6) is 5.75 Å². The molecule has 0 spiro atoms. The van der Waals surface area contributed by atoms with Crippen molar-refractivity contribution in [2.45, 2.75) is 30.5 Å². The molecule has 4 N–H and O–H groups in total. The fourth-order valence-electron chi connectivity index (χ4n) is 3.92. The van der Waals surface area contributed by atoms with E-state index in [2.05, 4.69) is 9.97 Å². The number of ether oxygens (including phenoxy) is 1. The molecule has 0 aliphatic carbocycles. The lowest BCUT2D eigenvalue weighted by atomic mass is 9.81. The summed E-state index contributed by atoms with van der Waals surface area (Å²) in [6, 6.07) is 7.08. The molecule has 0 bridgehead atoms. The average molecular weight is 554 g/mol. The highest BCUT2D eigenvalue weighted by Crippen LogP contribution is 2.47. The highest BCUT2D eigenvalue weighted by atomic mass is 19.4. The number of nitrogens with one attached hydrogen (secondary N) is 1. The minimum Gasteiger partial charge on any atom is -0.489 e. The molecule has 0 saturated carbocycles. The molecule has 8 nitrogen and oxygen atoms in total. The number of hydrogen-bond acceptors (Lipinski definition) is 6. The first kappa shape index (κ1) is 27.8. The second kappa shape index (κ2) is 9.84. The summed E-state index contributed by atoms with van der Waals surface area (Å²) in [6.07, 6.45) is -7.59. The minimum atomic E-state index is -5.41. The topological polar surface area (TPSA) is 127 Å². The zero-order valence-corrected chi connectivity index (χ0v) is 20.0. The number of benzene rings is 1. The van der Waals surface area contributed by atoms with E-state index in [-0.39, 0.29) is 34.7 Å². The van der Waals surface area contributed by atoms with Gasteiger partial charge >= 0.3 is 6.18 Å². The molecule has 206 valence electrons. The van der Waals surface area contributed by atoms with Crippen molar-refractivity contribution < 1.29 is 45.8 Å². The number of rotatable bonds is 7. The first-order valence-electron chi connectivity index (χ1n) is 11.2. The maximum Gasteiger partial charge on any atom is 0.424 e. The Morgan fingerprint density at radius 2 is 1.85 bits per heavy atom. The van der Waals surface area contributed by atoms with Crippen LogP contribution < -0.4 is 15.8 Å². The van der Waals surface area contributed by atoms with E-state index in [1.165, 1.54) is 19.1 Å². The Bertz CT molecular complexity index is 1420. The van der Waals surface area contributed by atoms with Gasteiger partial charge in [0.05, 0.1) is 17.8 Å². The maximum atomic E-state index is 14.4. The first-order valence-corrected chi connectivity index (χ1v) is 11.2. The van der Waals surface area contributed by atoms with Crippen LogP contribution in [-0.2, 0) is 15.8 Å². The Kier molecular flexibility index (Phi) is 7.02. The summed E-state index contributed by atoms with van der Waals surface area (Å²) in [6.45, 7) is -0.446. The lowest BCUT2D eigenvalue weighted by Crippen LogP contribution is -2.51. The van der Waals surface area contributed by atoms with E-state index < -0.39 is 59.2 Å². The van der Waals surface area contributed by atoms with E-state index in [0.717, 1.165) is 36.5 Å². The van der Waals surface area contributed by atoms with E-state index in [9.17, 15) is 41.0 Å². The third kappa shape index (κ3) is 4.99. The zero-order chi connectivity index (χ0) is 28.8. The summed E-state index contributed by atoms with van der Waals surface area (Å²) in [5, 5.41) is 12.9. The molecule has 3 heterocycles. The molecule has 0 saturated heterocycles. The van der Waals surface area contributed by atoms with Crippen LogP contribution in [0, 0.1) is 5.82 Å². The number of aromatic nitrogens is 2. The number of pyridine rings is 2. The van der Waals surface area contributed by atoms with Crippen molar-refractivity contribution in [2.75, 3.05) is 13.2 Å². The minimum absolute atomic E-state index is 0.0783. The Morgan fingerprint density at radius 3 is 2.38 bits per heavy atom. The molecule has 0 fully saturated rings. The number of nitrogens with zero attached hydrogens (tertiary/aromatic N) is 2. The number of carbonyl (C=O) groups is 2. The van der Waals surface area contributed by atoms with Crippen LogP contribution in [0.2, 0.25) is 0 Å². The highest BCUT2D eigenvalue weighted by molar-refractivity contribution is 5.94. The quantitative estimate of drug-likeness (QED) is 0.384. The van der Waals surface area contributed by atoms with E-state index in [0.29, 0.717) is 0 Å². The number of nitrogens with two attached hydrogens (primary N) is 1. The predicted molar refractivity (Wildman–Crippen MR) is 123 cm³/mol. The van der Waals surface area contributed by atoms with Gasteiger partial charge < -0.3 is 20.9 Å². The van der Waals surface area contributed by atoms with Crippen molar-refractivity contribution in [3.05, 3.63) is 77.0 Å². The summed E-state index contributed by atoms with van der Waals surface area (Å²) in [4.78, 5) is 32.1. The van der Waals surface area contributed by atoms with Crippen LogP contribution in [0.3, 0.4) is 0 Å². The molecule has 2 amide bonds. The summed E-state index contributed by atoms with van der Waals surface area (Å²) in [5.74, 6) is -2.78. The molecule has 14 heteroatoms. The number of fused-ring (bicyclic) bond motifs is 1. The fourth-order valence-corrected chi connectivity index (χ4v) is 3.92. The van der Waals surface area contributed by atoms with Gasteiger partial charge in [0, 0.05) is 17.3 Å². The van der Waals surface area contributed by atoms with Crippen LogP contribution in [0.4, 0.5) is 26.3 Å². The van der Waals surface area contributed by atoms with Crippen LogP contribution in [0.25, 0.3) is 11.3 Å². The number of alkyl halides is 5. The summed E-state index contributed by atoms with van der Waals surface area (Å²) in [7, 11) is 0. The van der Waals surface area contributed by atoms with Crippen molar-refractivity contribution in [1.82, 2.24) is 15.3 Å². The number of aliphatic hydroxyl groups is 1. The molecular formula is C25H20F6N4O4. The van der Waals surface area contributed by atoms with Crippen molar-refractivity contribution >= 4 is 11.8 Å². The molecule has 2 atom stereocenters. The Labute approximate surface area is 216 Å². The van der Waals surface area contributed by atoms with Gasteiger partial charge in [-0.15, -0.1) is 0 Å². The lowest BCUT2D eigenvalue weighted by molar-refractivity contribution is -0.265. The van der Waals surface area contributed by atoms with Gasteiger partial charge in [0.1, 0.15) is 35.0 Å². The molecule has 1 aromatic carbocycles. The van der Waals surface area contributed by atoms with E-state index in [4.69, 9.17) is 10.5 Å². The van der Waals surface area contributed by atoms with Gasteiger partial charge in [-0.25, -0.2) is 18.2 Å². The van der Waals surface area contributed by atoms with Crippen LogP contribution in [0.1, 0.15) is 40.7 Å². The molecule has 0 radical (unpaired) electrons. The number of halogens is 6. The van der Waals surface area contributed by atoms with Crippen molar-refractivity contribution in [1.29, 1.82) is 0 Å². The smallest absolute Gasteiger partial charge is 0.424 e. The second-order valence-electron chi connectivity index (χ2n) is 9.04. The largest absolute Gasteiger partial charge is 0.489 e. The number of amides is 2. The van der Waals surface area contributed by atoms with E-state index in [1.54, 1.807) is 0 Å². The molecule has 39 heavy (non-hydrogen) atoms. The van der Waals surface area contributed by atoms with Gasteiger partial charge in [0.15, 0.2) is 0 Å². The van der Waals surface area contributed by atoms with Crippen molar-refractivity contribution in [3.8, 4) is 17.0 Å². The van der Waals surface area contributed by atoms with Crippen LogP contribution in [0.15, 0.2) is 48.7 Å². The Morgan fingerprint density at radius 1 is 1.18 bits per heavy atom. The van der Waals surface area contributed by atoms with Gasteiger partial charge in [-0.1, -0.05) is 0 Å². The van der Waals surface area contributed by atoms with Gasteiger partial charge in [0.2, 0.25) is 11.5 Å². The molecule has 4 rings (SSSR count). The SMILES string of the molecule is C[C@]1(C(N)=O)COc2c1cc([C@@](O)(CNC(=O)c1ccc(C(F)F)nc1)C(F)(F)F)nc2-c1ccc(F)cc1. The molecule has 2 aromatic heterocycles. The molecular weight excluding hydrogens is 534 g/mol. The number of hydrogen-bond donors (Lipinski definition) is 3. The highest BCUT2D eigenvalue weighted by Gasteiger charge is 2.57. The fraction of sp³-hybridized carbons (Fsp3) is 0.280. The Balaban J connectivity index is 1.79. The number of carbonyl (C=O) groups excluding carboxylic acids is 2. The Hall–Kier alpha value is -4.20. The van der Waals surface area contributed by atoms with Crippen LogP contribution >= 0.6 is 0 Å². The molecule has 3 aromatic rings. The molecule has 0 unspecified atom stereocenters. The predicted octanol–water partition coefficient (Wildman–Crippen LogP) is 3.54. The number of primary amides is 1. The van der Waals surface area contributed by atoms with E-state index >= 15 is 0 Å². The first-order chi connectivity index (χ1) is 18.2. The van der Waals surface area contributed by atoms with Crippen molar-refractivity contribution in [3.63, 3.8) is 0 Å². The summed E-state index contributed by atoms with van der Waals surface area (Å²) in [5.41, 5.74) is -2.09. The summed E-state index contributed by atoms with van der Waals surface area (Å²) >= 11 is 0. The third-order valence-electron chi connectivity index (χ3n) is 6.40. The van der Waals surface area contributed by atoms with Gasteiger partial charge in [0.25, 0.3) is 12.3 Å². The average Bonchev–Trinajstić information content (AvgIpc) is 3.24. The maximum absolute atomic E-state index is 14.4. The lowest BCUT2D eigenvalue weighted by Gasteiger charge is -2.31. The van der Waals surface area contributed by atoms with Crippen molar-refractivity contribution in [2.24, 2.45) is 5.73 Å². The van der Waals surface area contributed by atoms with Crippen LogP contribution in [-0.4, -0.2) is 46.2 Å². The third-order valence-corrected chi connectivity index (χ3v) is 6.40. The van der Waals surface area contributed by atoms with Gasteiger partial charge in [-0.2, -0.15) is 13.2 Å². The van der Waals surface area contributed by atoms with E-state index in [1.807, 2.05) is 5.32 Å². The summed E-state index contributed by atoms with van der Waals surface area (Å²) < 4.78 is 87.6. The normalized spacial score (nSPS) is 18.3. The standard InChI is InChI=1S/C25H20F6N4O4/c1-23(22(32)37)11-39-19-15(23)8-17(35-18(19)12-2-5-14(26)6-3-12)24(38,25(29,30)31)10-34-21(36)13-4-7-16(20(27)28)33-9-13/h2-9,20,38H,10-11H2,1H3,(H2,32,37)(H,34,36)/t23-,24-/m0/s1. The molecule has 1 aliphatic heterocycles. The monoisotopic (exact) mass is 554 g/mol. The van der Waals surface area contributed by atoms with Gasteiger partial charge in [-0.05, 0) is 49.4 Å². The zero-order valence-electron chi connectivity index (χ0n) is 20.0. The second-order valence-corrected chi connectivity index (χ2v) is 9.04. The van der Waals surface area contributed by atoms with Gasteiger partial charge in [-0.3, -0.25) is 14.6 Å².